The lowest BCUT2D eigenvalue weighted by Gasteiger charge is -2.19. The Morgan fingerprint density at radius 3 is 2.78 bits per heavy atom. The van der Waals surface area contributed by atoms with Crippen molar-refractivity contribution in [1.82, 2.24) is 10.1 Å². The van der Waals surface area contributed by atoms with Gasteiger partial charge in [-0.2, -0.15) is 4.98 Å². The van der Waals surface area contributed by atoms with Gasteiger partial charge in [-0.05, 0) is 43.3 Å². The molecule has 0 aliphatic carbocycles. The zero-order valence-electron chi connectivity index (χ0n) is 14.8. The van der Waals surface area contributed by atoms with Gasteiger partial charge in [-0.15, -0.1) is 0 Å². The third-order valence-electron chi connectivity index (χ3n) is 4.47. The van der Waals surface area contributed by atoms with E-state index in [1.165, 1.54) is 0 Å². The van der Waals surface area contributed by atoms with Crippen LogP contribution in [0.4, 0.5) is 5.69 Å². The molecule has 2 aromatic carbocycles. The fourth-order valence-corrected chi connectivity index (χ4v) is 3.31. The second-order valence-electron chi connectivity index (χ2n) is 6.27. The highest BCUT2D eigenvalue weighted by Crippen LogP contribution is 2.36. The maximum absolute atomic E-state index is 12.6. The first-order valence-electron chi connectivity index (χ1n) is 8.77. The van der Waals surface area contributed by atoms with Crippen molar-refractivity contribution in [3.63, 3.8) is 0 Å². The van der Waals surface area contributed by atoms with Crippen molar-refractivity contribution < 1.29 is 14.1 Å². The minimum atomic E-state index is -0.152. The Morgan fingerprint density at radius 1 is 1.22 bits per heavy atom. The molecule has 1 aromatic heterocycles. The van der Waals surface area contributed by atoms with E-state index in [2.05, 4.69) is 10.1 Å². The number of benzene rings is 2. The molecule has 3 aromatic rings. The molecule has 7 heteroatoms. The summed E-state index contributed by atoms with van der Waals surface area (Å²) < 4.78 is 11.1. The second-order valence-corrected chi connectivity index (χ2v) is 6.71. The van der Waals surface area contributed by atoms with Crippen molar-refractivity contribution in [1.29, 1.82) is 0 Å². The van der Waals surface area contributed by atoms with Crippen molar-refractivity contribution in [2.45, 2.75) is 19.3 Å². The molecule has 1 amide bonds. The summed E-state index contributed by atoms with van der Waals surface area (Å²) in [5.41, 5.74) is 1.58. The molecule has 27 heavy (non-hydrogen) atoms. The first kappa shape index (κ1) is 17.5. The maximum atomic E-state index is 12.6. The Bertz CT molecular complexity index is 955. The molecule has 0 N–H and O–H groups in total. The zero-order chi connectivity index (χ0) is 18.8. The third-order valence-corrected chi connectivity index (χ3v) is 4.73. The molecule has 0 spiro atoms. The van der Waals surface area contributed by atoms with Crippen molar-refractivity contribution in [3.8, 4) is 17.1 Å². The number of halogens is 1. The second kappa shape index (κ2) is 7.40. The zero-order valence-corrected chi connectivity index (χ0v) is 15.5. The van der Waals surface area contributed by atoms with Gasteiger partial charge in [-0.25, -0.2) is 0 Å². The fraction of sp³-hybridized carbons (Fsp3) is 0.250. The quantitative estimate of drug-likeness (QED) is 0.656. The Hall–Kier alpha value is -2.86. The monoisotopic (exact) mass is 383 g/mol. The van der Waals surface area contributed by atoms with E-state index >= 15 is 0 Å². The highest BCUT2D eigenvalue weighted by molar-refractivity contribution is 6.30. The average molecular weight is 384 g/mol. The summed E-state index contributed by atoms with van der Waals surface area (Å²) >= 11 is 5.92. The molecule has 4 rings (SSSR count). The van der Waals surface area contributed by atoms with Gasteiger partial charge in [0.25, 0.3) is 0 Å². The number of nitrogens with zero attached hydrogens (tertiary/aromatic N) is 3. The van der Waals surface area contributed by atoms with Crippen LogP contribution in [0.15, 0.2) is 53.1 Å². The van der Waals surface area contributed by atoms with Crippen LogP contribution in [0.1, 0.15) is 25.2 Å². The Labute approximate surface area is 161 Å². The Kier molecular flexibility index (Phi) is 4.81. The van der Waals surface area contributed by atoms with Gasteiger partial charge < -0.3 is 14.2 Å². The van der Waals surface area contributed by atoms with Crippen molar-refractivity contribution >= 4 is 23.2 Å². The van der Waals surface area contributed by atoms with E-state index in [-0.39, 0.29) is 11.8 Å². The summed E-state index contributed by atoms with van der Waals surface area (Å²) in [5.74, 6) is 1.51. The topological polar surface area (TPSA) is 68.5 Å². The molecule has 1 fully saturated rings. The van der Waals surface area contributed by atoms with Crippen molar-refractivity contribution in [3.05, 3.63) is 59.4 Å². The molecule has 0 radical (unpaired) electrons. The lowest BCUT2D eigenvalue weighted by Crippen LogP contribution is -2.25. The van der Waals surface area contributed by atoms with Gasteiger partial charge in [-0.3, -0.25) is 4.79 Å². The standard InChI is InChI=1S/C20H18ClN3O3/c1-2-26-17-6-4-3-5-16(17)24-12-14(11-18(24)25)20-22-19(23-27-20)13-7-9-15(21)10-8-13/h3-10,14H,2,11-12H2,1H3. The molecule has 1 aliphatic rings. The van der Waals surface area contributed by atoms with Crippen LogP contribution in [-0.4, -0.2) is 29.2 Å². The van der Waals surface area contributed by atoms with Gasteiger partial charge in [0.15, 0.2) is 0 Å². The fourth-order valence-electron chi connectivity index (χ4n) is 3.18. The lowest BCUT2D eigenvalue weighted by atomic mass is 10.1. The van der Waals surface area contributed by atoms with E-state index in [0.29, 0.717) is 42.1 Å². The summed E-state index contributed by atoms with van der Waals surface area (Å²) in [6.45, 7) is 2.93. The SMILES string of the molecule is CCOc1ccccc1N1CC(c2nc(-c3ccc(Cl)cc3)no2)CC1=O. The molecule has 6 nitrogen and oxygen atoms in total. The van der Waals surface area contributed by atoms with Crippen LogP contribution >= 0.6 is 11.6 Å². The molecule has 1 saturated heterocycles. The van der Waals surface area contributed by atoms with Gasteiger partial charge in [0.2, 0.25) is 17.6 Å². The minimum Gasteiger partial charge on any atom is -0.492 e. The number of amides is 1. The third kappa shape index (κ3) is 3.53. The highest BCUT2D eigenvalue weighted by Gasteiger charge is 2.36. The molecule has 1 unspecified atom stereocenters. The van der Waals surface area contributed by atoms with Crippen LogP contribution in [-0.2, 0) is 4.79 Å². The molecule has 0 bridgehead atoms. The maximum Gasteiger partial charge on any atom is 0.232 e. The van der Waals surface area contributed by atoms with Crippen molar-refractivity contribution in [2.75, 3.05) is 18.1 Å². The van der Waals surface area contributed by atoms with E-state index in [1.807, 2.05) is 43.3 Å². The lowest BCUT2D eigenvalue weighted by molar-refractivity contribution is -0.117. The number of hydrogen-bond acceptors (Lipinski definition) is 5. The summed E-state index contributed by atoms with van der Waals surface area (Å²) in [6, 6.07) is 14.8. The molecule has 138 valence electrons. The van der Waals surface area contributed by atoms with Crippen LogP contribution < -0.4 is 9.64 Å². The number of para-hydroxylation sites is 2. The Morgan fingerprint density at radius 2 is 2.00 bits per heavy atom. The van der Waals surface area contributed by atoms with Crippen molar-refractivity contribution in [2.24, 2.45) is 0 Å². The van der Waals surface area contributed by atoms with Gasteiger partial charge in [0.05, 0.1) is 18.2 Å². The minimum absolute atomic E-state index is 0.0124. The smallest absolute Gasteiger partial charge is 0.232 e. The number of carbonyl (C=O) groups excluding carboxylic acids is 1. The molecule has 2 heterocycles. The summed E-state index contributed by atoms with van der Waals surface area (Å²) in [5, 5.41) is 4.69. The van der Waals surface area contributed by atoms with E-state index in [9.17, 15) is 4.79 Å². The number of rotatable bonds is 5. The number of ether oxygens (including phenoxy) is 1. The van der Waals surface area contributed by atoms with E-state index in [1.54, 1.807) is 17.0 Å². The predicted octanol–water partition coefficient (Wildman–Crippen LogP) is 4.31. The number of carbonyl (C=O) groups is 1. The summed E-state index contributed by atoms with van der Waals surface area (Å²) in [7, 11) is 0. The van der Waals surface area contributed by atoms with Crippen LogP contribution in [0.5, 0.6) is 5.75 Å². The molecule has 1 aliphatic heterocycles. The van der Waals surface area contributed by atoms with Gasteiger partial charge in [0, 0.05) is 23.6 Å². The first-order chi connectivity index (χ1) is 13.2. The molecular formula is C20H18ClN3O3. The van der Waals surface area contributed by atoms with Gasteiger partial charge in [-0.1, -0.05) is 28.9 Å². The Balaban J connectivity index is 1.56. The largest absolute Gasteiger partial charge is 0.492 e. The van der Waals surface area contributed by atoms with E-state index in [4.69, 9.17) is 20.9 Å². The van der Waals surface area contributed by atoms with E-state index in [0.717, 1.165) is 11.3 Å². The molecular weight excluding hydrogens is 366 g/mol. The molecule has 0 saturated carbocycles. The normalized spacial score (nSPS) is 16.7. The van der Waals surface area contributed by atoms with Crippen LogP contribution in [0.3, 0.4) is 0 Å². The van der Waals surface area contributed by atoms with Crippen LogP contribution in [0, 0.1) is 0 Å². The van der Waals surface area contributed by atoms with Crippen LogP contribution in [0.2, 0.25) is 5.02 Å². The first-order valence-corrected chi connectivity index (χ1v) is 9.15. The number of anilines is 1. The number of hydrogen-bond donors (Lipinski definition) is 0. The highest BCUT2D eigenvalue weighted by atomic mass is 35.5. The van der Waals surface area contributed by atoms with E-state index < -0.39 is 0 Å². The summed E-state index contributed by atoms with van der Waals surface area (Å²) in [6.07, 6.45) is 0.322. The molecule has 1 atom stereocenters. The summed E-state index contributed by atoms with van der Waals surface area (Å²) in [4.78, 5) is 18.8. The van der Waals surface area contributed by atoms with Gasteiger partial charge >= 0.3 is 0 Å². The average Bonchev–Trinajstić information content (AvgIpc) is 3.30. The number of aromatic nitrogens is 2. The predicted molar refractivity (Wildman–Crippen MR) is 102 cm³/mol. The van der Waals surface area contributed by atoms with Crippen LogP contribution in [0.25, 0.3) is 11.4 Å². The van der Waals surface area contributed by atoms with Gasteiger partial charge in [0.1, 0.15) is 5.75 Å².